The van der Waals surface area contributed by atoms with Crippen molar-refractivity contribution in [2.45, 2.75) is 120 Å². The van der Waals surface area contributed by atoms with E-state index in [1.54, 1.807) is 5.56 Å². The lowest BCUT2D eigenvalue weighted by Crippen LogP contribution is -2.23. The summed E-state index contributed by atoms with van der Waals surface area (Å²) in [5.41, 5.74) is 9.66. The average Bonchev–Trinajstić information content (AvgIpc) is 2.78. The molecule has 1 rings (SSSR count). The van der Waals surface area contributed by atoms with E-state index >= 15 is 0 Å². The molecule has 0 radical (unpaired) electrons. The summed E-state index contributed by atoms with van der Waals surface area (Å²) in [5, 5.41) is 0. The van der Waals surface area contributed by atoms with Crippen LogP contribution in [0.5, 0.6) is 0 Å². The fourth-order valence-corrected chi connectivity index (χ4v) is 5.06. The fraction of sp³-hybridized carbons (Fsp3) is 0.588. The van der Waals surface area contributed by atoms with Crippen molar-refractivity contribution in [2.24, 2.45) is 11.3 Å². The Morgan fingerprint density at radius 3 is 2.24 bits per heavy atom. The molecule has 0 saturated carbocycles. The van der Waals surface area contributed by atoms with Crippen LogP contribution in [-0.4, -0.2) is 0 Å². The number of rotatable bonds is 16. The maximum atomic E-state index is 4.31. The van der Waals surface area contributed by atoms with Gasteiger partial charge in [-0.2, -0.15) is 0 Å². The lowest BCUT2D eigenvalue weighted by atomic mass is 9.73. The van der Waals surface area contributed by atoms with Crippen molar-refractivity contribution in [3.8, 4) is 0 Å². The van der Waals surface area contributed by atoms with Crippen molar-refractivity contribution < 1.29 is 0 Å². The Labute approximate surface area is 213 Å². The maximum absolute atomic E-state index is 4.31. The molecular formula is C34H54. The minimum Gasteiger partial charge on any atom is -0.0985 e. The second-order valence-corrected chi connectivity index (χ2v) is 11.1. The van der Waals surface area contributed by atoms with Crippen molar-refractivity contribution in [3.63, 3.8) is 0 Å². The Hall–Kier alpha value is -1.82. The van der Waals surface area contributed by atoms with E-state index in [0.717, 1.165) is 17.6 Å². The molecule has 0 heteroatoms. The molecule has 1 atom stereocenters. The van der Waals surface area contributed by atoms with Crippen LogP contribution in [0.15, 0.2) is 54.7 Å². The zero-order chi connectivity index (χ0) is 25.7. The fourth-order valence-electron chi connectivity index (χ4n) is 5.06. The van der Waals surface area contributed by atoms with E-state index in [-0.39, 0.29) is 0 Å². The van der Waals surface area contributed by atoms with Gasteiger partial charge in [0.15, 0.2) is 0 Å². The third-order valence-corrected chi connectivity index (χ3v) is 7.83. The molecule has 0 aliphatic rings. The number of hydrogen-bond donors (Lipinski definition) is 0. The van der Waals surface area contributed by atoms with Crippen molar-refractivity contribution in [1.82, 2.24) is 0 Å². The van der Waals surface area contributed by atoms with Crippen LogP contribution in [-0.2, 0) is 12.8 Å². The molecule has 0 amide bonds. The Morgan fingerprint density at radius 2 is 1.65 bits per heavy atom. The van der Waals surface area contributed by atoms with Gasteiger partial charge < -0.3 is 0 Å². The Bertz CT molecular complexity index is 843. The molecule has 0 saturated heterocycles. The molecule has 0 aliphatic heterocycles. The first-order valence-corrected chi connectivity index (χ1v) is 13.9. The van der Waals surface area contributed by atoms with Crippen LogP contribution >= 0.6 is 0 Å². The molecule has 0 bridgehead atoms. The van der Waals surface area contributed by atoms with Gasteiger partial charge in [0.05, 0.1) is 0 Å². The molecular weight excluding hydrogens is 408 g/mol. The largest absolute Gasteiger partial charge is 0.0985 e. The predicted molar refractivity (Wildman–Crippen MR) is 157 cm³/mol. The number of hydrogen-bond acceptors (Lipinski definition) is 0. The first-order chi connectivity index (χ1) is 16.1. The van der Waals surface area contributed by atoms with Gasteiger partial charge in [-0.1, -0.05) is 117 Å². The van der Waals surface area contributed by atoms with Crippen LogP contribution in [0.4, 0.5) is 0 Å². The summed E-state index contributed by atoms with van der Waals surface area (Å²) in [5.74, 6) is 0.631. The van der Waals surface area contributed by atoms with Crippen LogP contribution < -0.4 is 0 Å². The van der Waals surface area contributed by atoms with Crippen LogP contribution in [0.25, 0.3) is 5.57 Å². The first-order valence-electron chi connectivity index (χ1n) is 13.9. The van der Waals surface area contributed by atoms with Crippen molar-refractivity contribution in [1.29, 1.82) is 0 Å². The van der Waals surface area contributed by atoms with Crippen LogP contribution in [0.2, 0.25) is 0 Å². The summed E-state index contributed by atoms with van der Waals surface area (Å²) in [6, 6.07) is 4.99. The van der Waals surface area contributed by atoms with Gasteiger partial charge in [0.1, 0.15) is 0 Å². The van der Waals surface area contributed by atoms with E-state index in [0.29, 0.717) is 11.3 Å². The molecule has 0 nitrogen and oxygen atoms in total. The maximum Gasteiger partial charge on any atom is -0.0192 e. The highest BCUT2D eigenvalue weighted by molar-refractivity contribution is 5.72. The number of unbranched alkanes of at least 4 members (excludes halogenated alkanes) is 5. The Morgan fingerprint density at radius 1 is 1.00 bits per heavy atom. The average molecular weight is 463 g/mol. The molecule has 1 aromatic carbocycles. The van der Waals surface area contributed by atoms with Gasteiger partial charge in [0.2, 0.25) is 0 Å². The summed E-state index contributed by atoms with van der Waals surface area (Å²) in [4.78, 5) is 0. The van der Waals surface area contributed by atoms with Gasteiger partial charge >= 0.3 is 0 Å². The lowest BCUT2D eigenvalue weighted by Gasteiger charge is -2.32. The highest BCUT2D eigenvalue weighted by Gasteiger charge is 2.26. The second kappa shape index (κ2) is 15.2. The molecule has 0 aliphatic carbocycles. The van der Waals surface area contributed by atoms with Gasteiger partial charge in [-0.25, -0.2) is 0 Å². The quantitative estimate of drug-likeness (QED) is 0.169. The SMILES string of the molecule is C=C/C(=C/C)C(=C)/C=C(\C)c1cc(C)c(CCCCCCCC)cc1CC(C)C(C)(C)CCC. The molecule has 34 heavy (non-hydrogen) atoms. The molecule has 0 spiro atoms. The predicted octanol–water partition coefficient (Wildman–Crippen LogP) is 11.0. The smallest absolute Gasteiger partial charge is 0.0192 e. The molecule has 0 N–H and O–H groups in total. The summed E-state index contributed by atoms with van der Waals surface area (Å²) in [6.45, 7) is 26.8. The van der Waals surface area contributed by atoms with Crippen LogP contribution in [0.1, 0.15) is 122 Å². The summed E-state index contributed by atoms with van der Waals surface area (Å²) in [6.07, 6.45) is 19.2. The monoisotopic (exact) mass is 462 g/mol. The minimum atomic E-state index is 0.346. The summed E-state index contributed by atoms with van der Waals surface area (Å²) < 4.78 is 0. The highest BCUT2D eigenvalue weighted by atomic mass is 14.3. The zero-order valence-corrected chi connectivity index (χ0v) is 23.9. The Kier molecular flexibility index (Phi) is 13.5. The van der Waals surface area contributed by atoms with E-state index in [9.17, 15) is 0 Å². The first kappa shape index (κ1) is 30.2. The number of allylic oxidation sites excluding steroid dienone is 6. The van der Waals surface area contributed by atoms with Crippen molar-refractivity contribution in [3.05, 3.63) is 76.9 Å². The lowest BCUT2D eigenvalue weighted by molar-refractivity contribution is 0.208. The third-order valence-electron chi connectivity index (χ3n) is 7.83. The van der Waals surface area contributed by atoms with Crippen molar-refractivity contribution >= 4 is 5.57 Å². The van der Waals surface area contributed by atoms with Gasteiger partial charge in [-0.15, -0.1) is 0 Å². The van der Waals surface area contributed by atoms with Crippen LogP contribution in [0.3, 0.4) is 0 Å². The van der Waals surface area contributed by atoms with E-state index < -0.39 is 0 Å². The summed E-state index contributed by atoms with van der Waals surface area (Å²) >= 11 is 0. The van der Waals surface area contributed by atoms with Gasteiger partial charge in [0, 0.05) is 0 Å². The standard InChI is InChI=1S/C34H54/c1-11-15-16-17-18-19-20-31-25-32(24-29(8)34(9,10)21-12-2)33(23-27(31)6)28(7)22-26(5)30(13-3)14-4/h13-14,22-23,25,29H,3,5,11-12,15-21,24H2,1-2,4,6-10H3/b28-22+,30-14-. The van der Waals surface area contributed by atoms with Crippen molar-refractivity contribution in [2.75, 3.05) is 0 Å². The topological polar surface area (TPSA) is 0 Å². The molecule has 0 aromatic heterocycles. The van der Waals surface area contributed by atoms with Gasteiger partial charge in [0.25, 0.3) is 0 Å². The normalized spacial score (nSPS) is 13.8. The molecule has 190 valence electrons. The number of benzene rings is 1. The highest BCUT2D eigenvalue weighted by Crippen LogP contribution is 2.36. The molecule has 1 unspecified atom stereocenters. The van der Waals surface area contributed by atoms with Crippen LogP contribution in [0, 0.1) is 18.3 Å². The van der Waals surface area contributed by atoms with Gasteiger partial charge in [-0.05, 0) is 96.8 Å². The van der Waals surface area contributed by atoms with Gasteiger partial charge in [-0.3, -0.25) is 0 Å². The van der Waals surface area contributed by atoms with E-state index in [1.807, 2.05) is 6.08 Å². The second-order valence-electron chi connectivity index (χ2n) is 11.1. The third kappa shape index (κ3) is 9.44. The Balaban J connectivity index is 3.28. The van der Waals surface area contributed by atoms with E-state index in [1.165, 1.54) is 80.1 Å². The summed E-state index contributed by atoms with van der Waals surface area (Å²) in [7, 11) is 0. The molecule has 0 fully saturated rings. The molecule has 0 heterocycles. The van der Waals surface area contributed by atoms with E-state index in [2.05, 4.69) is 92.8 Å². The van der Waals surface area contributed by atoms with E-state index in [4.69, 9.17) is 0 Å². The minimum absolute atomic E-state index is 0.346. The number of aryl methyl sites for hydroxylation is 2. The molecule has 1 aromatic rings. The zero-order valence-electron chi connectivity index (χ0n) is 23.9.